The minimum Gasteiger partial charge on any atom is -0.480 e. The van der Waals surface area contributed by atoms with Crippen LogP contribution in [0, 0.1) is 0 Å². The second-order valence-electron chi connectivity index (χ2n) is 2.45. The van der Waals surface area contributed by atoms with Crippen molar-refractivity contribution in [2.45, 2.75) is 0 Å². The highest BCUT2D eigenvalue weighted by Gasteiger charge is 2.07. The van der Waals surface area contributed by atoms with Crippen LogP contribution in [0.2, 0.25) is 0 Å². The molecule has 2 aromatic rings. The van der Waals surface area contributed by atoms with Gasteiger partial charge in [0.2, 0.25) is 11.8 Å². The molecule has 0 fully saturated rings. The van der Waals surface area contributed by atoms with Crippen LogP contribution in [0.1, 0.15) is 0 Å². The molecule has 0 amide bonds. The number of hydrogen-bond acceptors (Lipinski definition) is 5. The van der Waals surface area contributed by atoms with Crippen molar-refractivity contribution in [1.29, 1.82) is 0 Å². The average molecular weight is 195 g/mol. The van der Waals surface area contributed by atoms with Crippen molar-refractivity contribution >= 4 is 27.5 Å². The summed E-state index contributed by atoms with van der Waals surface area (Å²) in [6.45, 7) is 0. The molecular weight excluding hydrogens is 186 g/mol. The number of rotatable bonds is 2. The molecule has 0 radical (unpaired) electrons. The van der Waals surface area contributed by atoms with Crippen LogP contribution >= 0.6 is 11.3 Å². The quantitative estimate of drug-likeness (QED) is 0.793. The minimum absolute atomic E-state index is 0.590. The number of thiophene rings is 1. The zero-order valence-corrected chi connectivity index (χ0v) is 8.18. The summed E-state index contributed by atoms with van der Waals surface area (Å²) in [5, 5.41) is 5.83. The van der Waals surface area contributed by atoms with E-state index in [9.17, 15) is 0 Å². The molecule has 0 bridgehead atoms. The van der Waals surface area contributed by atoms with Crippen molar-refractivity contribution < 1.29 is 4.74 Å². The van der Waals surface area contributed by atoms with Crippen molar-refractivity contribution in [1.82, 2.24) is 9.97 Å². The number of methoxy groups -OCH3 is 1. The maximum Gasteiger partial charge on any atom is 0.227 e. The molecule has 0 spiro atoms. The van der Waals surface area contributed by atoms with Crippen molar-refractivity contribution in [3.8, 4) is 5.88 Å². The maximum absolute atomic E-state index is 5.14. The molecule has 0 aliphatic rings. The Morgan fingerprint density at radius 2 is 2.31 bits per heavy atom. The van der Waals surface area contributed by atoms with Crippen molar-refractivity contribution in [3.05, 3.63) is 11.4 Å². The lowest BCUT2D eigenvalue weighted by molar-refractivity contribution is 0.403. The summed E-state index contributed by atoms with van der Waals surface area (Å²) in [6, 6.07) is 1.96. The Balaban J connectivity index is 2.70. The van der Waals surface area contributed by atoms with E-state index in [0.717, 1.165) is 10.2 Å². The van der Waals surface area contributed by atoms with E-state index in [0.29, 0.717) is 11.8 Å². The van der Waals surface area contributed by atoms with Gasteiger partial charge in [-0.1, -0.05) is 0 Å². The van der Waals surface area contributed by atoms with Crippen molar-refractivity contribution in [3.63, 3.8) is 0 Å². The average Bonchev–Trinajstić information content (AvgIpc) is 2.63. The number of fused-ring (bicyclic) bond motifs is 1. The summed E-state index contributed by atoms with van der Waals surface area (Å²) >= 11 is 1.58. The van der Waals surface area contributed by atoms with Crippen LogP contribution in [-0.2, 0) is 0 Å². The first-order valence-corrected chi connectivity index (χ1v) is 4.70. The summed E-state index contributed by atoms with van der Waals surface area (Å²) in [7, 11) is 3.40. The highest BCUT2D eigenvalue weighted by molar-refractivity contribution is 7.16. The van der Waals surface area contributed by atoms with Crippen LogP contribution < -0.4 is 10.1 Å². The maximum atomic E-state index is 5.14. The third kappa shape index (κ3) is 1.31. The van der Waals surface area contributed by atoms with Gasteiger partial charge in [0.15, 0.2) is 0 Å². The fourth-order valence-electron chi connectivity index (χ4n) is 1.10. The normalized spacial score (nSPS) is 10.3. The van der Waals surface area contributed by atoms with E-state index in [4.69, 9.17) is 4.74 Å². The first kappa shape index (κ1) is 8.25. The number of ether oxygens (including phenoxy) is 1. The van der Waals surface area contributed by atoms with E-state index >= 15 is 0 Å². The third-order valence-corrected chi connectivity index (χ3v) is 2.51. The smallest absolute Gasteiger partial charge is 0.227 e. The van der Waals surface area contributed by atoms with E-state index in [-0.39, 0.29) is 0 Å². The predicted molar refractivity (Wildman–Crippen MR) is 53.5 cm³/mol. The molecule has 5 heteroatoms. The molecule has 2 heterocycles. The van der Waals surface area contributed by atoms with Gasteiger partial charge < -0.3 is 10.1 Å². The largest absolute Gasteiger partial charge is 0.480 e. The molecule has 0 atom stereocenters. The first-order valence-electron chi connectivity index (χ1n) is 3.82. The summed E-state index contributed by atoms with van der Waals surface area (Å²) < 4.78 is 5.14. The topological polar surface area (TPSA) is 47.0 Å². The van der Waals surface area contributed by atoms with Crippen LogP contribution in [-0.4, -0.2) is 24.1 Å². The Hall–Kier alpha value is -1.36. The fourth-order valence-corrected chi connectivity index (χ4v) is 1.85. The molecular formula is C8H9N3OS. The number of aromatic nitrogens is 2. The summed E-state index contributed by atoms with van der Waals surface area (Å²) in [4.78, 5) is 9.39. The Kier molecular flexibility index (Phi) is 2.02. The summed E-state index contributed by atoms with van der Waals surface area (Å²) in [5.41, 5.74) is 0. The third-order valence-electron chi connectivity index (χ3n) is 1.71. The zero-order valence-electron chi connectivity index (χ0n) is 7.37. The second-order valence-corrected chi connectivity index (χ2v) is 3.34. The van der Waals surface area contributed by atoms with E-state index in [1.165, 1.54) is 0 Å². The number of nitrogens with one attached hydrogen (secondary N) is 1. The van der Waals surface area contributed by atoms with Crippen molar-refractivity contribution in [2.75, 3.05) is 19.5 Å². The standard InChI is InChI=1S/C8H9N3OS/c1-9-8-10-6(12-2)5-3-4-13-7(5)11-8/h3-4H,1-2H3,(H,9,10,11). The molecule has 2 aromatic heterocycles. The number of nitrogens with zero attached hydrogens (tertiary/aromatic N) is 2. The molecule has 0 unspecified atom stereocenters. The van der Waals surface area contributed by atoms with Crippen LogP contribution in [0.15, 0.2) is 11.4 Å². The van der Waals surface area contributed by atoms with E-state index < -0.39 is 0 Å². The molecule has 0 saturated carbocycles. The van der Waals surface area contributed by atoms with Gasteiger partial charge in [-0.15, -0.1) is 11.3 Å². The van der Waals surface area contributed by atoms with Gasteiger partial charge in [0, 0.05) is 7.05 Å². The Bertz CT molecular complexity index is 426. The van der Waals surface area contributed by atoms with Crippen LogP contribution in [0.4, 0.5) is 5.95 Å². The van der Waals surface area contributed by atoms with Crippen LogP contribution in [0.3, 0.4) is 0 Å². The van der Waals surface area contributed by atoms with Gasteiger partial charge in [0.25, 0.3) is 0 Å². The Morgan fingerprint density at radius 1 is 1.46 bits per heavy atom. The predicted octanol–water partition coefficient (Wildman–Crippen LogP) is 1.74. The molecule has 0 aliphatic carbocycles. The SMILES string of the molecule is CNc1nc(OC)c2ccsc2n1. The lowest BCUT2D eigenvalue weighted by atomic mass is 10.4. The lowest BCUT2D eigenvalue weighted by Gasteiger charge is -2.02. The van der Waals surface area contributed by atoms with E-state index in [2.05, 4.69) is 15.3 Å². The monoisotopic (exact) mass is 195 g/mol. The summed E-state index contributed by atoms with van der Waals surface area (Å²) in [6.07, 6.45) is 0. The minimum atomic E-state index is 0.590. The van der Waals surface area contributed by atoms with Crippen LogP contribution in [0.25, 0.3) is 10.2 Å². The molecule has 13 heavy (non-hydrogen) atoms. The molecule has 4 nitrogen and oxygen atoms in total. The Labute approximate surface area is 79.6 Å². The van der Waals surface area contributed by atoms with Crippen molar-refractivity contribution in [2.24, 2.45) is 0 Å². The summed E-state index contributed by atoms with van der Waals surface area (Å²) in [5.74, 6) is 1.21. The fraction of sp³-hybridized carbons (Fsp3) is 0.250. The lowest BCUT2D eigenvalue weighted by Crippen LogP contribution is -1.98. The first-order chi connectivity index (χ1) is 6.35. The van der Waals surface area contributed by atoms with E-state index in [1.807, 2.05) is 11.4 Å². The van der Waals surface area contributed by atoms with Gasteiger partial charge in [-0.25, -0.2) is 4.98 Å². The molecule has 68 valence electrons. The molecule has 1 N–H and O–H groups in total. The Morgan fingerprint density at radius 3 is 3.00 bits per heavy atom. The van der Waals surface area contributed by atoms with Gasteiger partial charge in [0.1, 0.15) is 4.83 Å². The number of anilines is 1. The highest BCUT2D eigenvalue weighted by atomic mass is 32.1. The van der Waals surface area contributed by atoms with Gasteiger partial charge in [-0.05, 0) is 11.4 Å². The van der Waals surface area contributed by atoms with Gasteiger partial charge in [0.05, 0.1) is 12.5 Å². The number of hydrogen-bond donors (Lipinski definition) is 1. The van der Waals surface area contributed by atoms with Gasteiger partial charge in [-0.3, -0.25) is 0 Å². The van der Waals surface area contributed by atoms with Gasteiger partial charge >= 0.3 is 0 Å². The van der Waals surface area contributed by atoms with Crippen LogP contribution in [0.5, 0.6) is 5.88 Å². The molecule has 0 aromatic carbocycles. The molecule has 0 aliphatic heterocycles. The van der Waals surface area contributed by atoms with Gasteiger partial charge in [-0.2, -0.15) is 4.98 Å². The molecule has 2 rings (SSSR count). The highest BCUT2D eigenvalue weighted by Crippen LogP contribution is 2.27. The molecule has 0 saturated heterocycles. The zero-order chi connectivity index (χ0) is 9.26. The van der Waals surface area contributed by atoms with E-state index in [1.54, 1.807) is 25.5 Å². The second kappa shape index (κ2) is 3.18.